The fourth-order valence-electron chi connectivity index (χ4n) is 1.89. The van der Waals surface area contributed by atoms with Crippen molar-refractivity contribution in [2.24, 2.45) is 0 Å². The minimum absolute atomic E-state index is 0.0102. The molecule has 0 aromatic carbocycles. The first-order valence-electron chi connectivity index (χ1n) is 5.53. The zero-order valence-corrected chi connectivity index (χ0v) is 10.4. The van der Waals surface area contributed by atoms with Crippen LogP contribution in [0, 0.1) is 0 Å². The normalized spacial score (nSPS) is 25.0. The first-order valence-corrected chi connectivity index (χ1v) is 5.90. The standard InChI is InChI=1S/C11H16ClN3O2/c1-7-6-17-8(5-16)4-15(7)11-9(13)2-3-10(12)14-11/h2-3,7-8,16H,4-6,13H2,1H3. The van der Waals surface area contributed by atoms with E-state index < -0.39 is 0 Å². The van der Waals surface area contributed by atoms with Crippen LogP contribution in [0.4, 0.5) is 11.5 Å². The minimum Gasteiger partial charge on any atom is -0.396 e. The second-order valence-electron chi connectivity index (χ2n) is 4.19. The van der Waals surface area contributed by atoms with Crippen LogP contribution in [0.5, 0.6) is 0 Å². The molecule has 0 amide bonds. The van der Waals surface area contributed by atoms with Crippen molar-refractivity contribution in [2.75, 3.05) is 30.4 Å². The summed E-state index contributed by atoms with van der Waals surface area (Å²) in [7, 11) is 0. The van der Waals surface area contributed by atoms with E-state index in [4.69, 9.17) is 27.2 Å². The van der Waals surface area contributed by atoms with Crippen LogP contribution in [0.3, 0.4) is 0 Å². The lowest BCUT2D eigenvalue weighted by molar-refractivity contribution is -0.0105. The van der Waals surface area contributed by atoms with E-state index in [0.717, 1.165) is 0 Å². The number of nitrogens with zero attached hydrogens (tertiary/aromatic N) is 2. The summed E-state index contributed by atoms with van der Waals surface area (Å²) in [6.07, 6.45) is -0.202. The summed E-state index contributed by atoms with van der Waals surface area (Å²) in [5.74, 6) is 0.659. The van der Waals surface area contributed by atoms with E-state index in [1.165, 1.54) is 0 Å². The molecule has 3 N–H and O–H groups in total. The van der Waals surface area contributed by atoms with Gasteiger partial charge in [-0.2, -0.15) is 0 Å². The van der Waals surface area contributed by atoms with E-state index in [2.05, 4.69) is 4.98 Å². The van der Waals surface area contributed by atoms with Crippen molar-refractivity contribution in [3.8, 4) is 0 Å². The molecule has 0 bridgehead atoms. The molecule has 0 saturated carbocycles. The summed E-state index contributed by atoms with van der Waals surface area (Å²) in [4.78, 5) is 6.26. The number of ether oxygens (including phenoxy) is 1. The molecular formula is C11H16ClN3O2. The molecule has 94 valence electrons. The zero-order valence-electron chi connectivity index (χ0n) is 9.64. The van der Waals surface area contributed by atoms with Crippen molar-refractivity contribution in [3.05, 3.63) is 17.3 Å². The second kappa shape index (κ2) is 5.08. The van der Waals surface area contributed by atoms with Crippen LogP contribution in [0.2, 0.25) is 5.15 Å². The van der Waals surface area contributed by atoms with Gasteiger partial charge < -0.3 is 20.5 Å². The van der Waals surface area contributed by atoms with E-state index in [0.29, 0.717) is 29.8 Å². The van der Waals surface area contributed by atoms with Crippen molar-refractivity contribution in [1.29, 1.82) is 0 Å². The summed E-state index contributed by atoms with van der Waals surface area (Å²) < 4.78 is 5.47. The zero-order chi connectivity index (χ0) is 12.4. The average molecular weight is 258 g/mol. The monoisotopic (exact) mass is 257 g/mol. The number of aliphatic hydroxyl groups excluding tert-OH is 1. The highest BCUT2D eigenvalue weighted by atomic mass is 35.5. The lowest BCUT2D eigenvalue weighted by Crippen LogP contribution is -2.50. The first-order chi connectivity index (χ1) is 8.11. The Morgan fingerprint density at radius 3 is 3.12 bits per heavy atom. The number of hydrogen-bond donors (Lipinski definition) is 2. The van der Waals surface area contributed by atoms with Crippen LogP contribution >= 0.6 is 11.6 Å². The molecule has 1 aliphatic heterocycles. The fourth-order valence-corrected chi connectivity index (χ4v) is 2.03. The van der Waals surface area contributed by atoms with Gasteiger partial charge >= 0.3 is 0 Å². The van der Waals surface area contributed by atoms with Crippen molar-refractivity contribution in [1.82, 2.24) is 4.98 Å². The quantitative estimate of drug-likeness (QED) is 0.771. The number of hydrogen-bond acceptors (Lipinski definition) is 5. The average Bonchev–Trinajstić information content (AvgIpc) is 2.33. The van der Waals surface area contributed by atoms with Gasteiger partial charge in [-0.25, -0.2) is 4.98 Å². The third-order valence-electron chi connectivity index (χ3n) is 2.85. The number of pyridine rings is 1. The summed E-state index contributed by atoms with van der Waals surface area (Å²) in [5, 5.41) is 9.55. The molecule has 0 spiro atoms. The molecule has 2 unspecified atom stereocenters. The van der Waals surface area contributed by atoms with Crippen molar-refractivity contribution >= 4 is 23.1 Å². The highest BCUT2D eigenvalue weighted by Crippen LogP contribution is 2.27. The second-order valence-corrected chi connectivity index (χ2v) is 4.57. The largest absolute Gasteiger partial charge is 0.396 e. The summed E-state index contributed by atoms with van der Waals surface area (Å²) in [5.41, 5.74) is 6.49. The predicted molar refractivity (Wildman–Crippen MR) is 67.3 cm³/mol. The number of anilines is 2. The highest BCUT2D eigenvalue weighted by Gasteiger charge is 2.27. The SMILES string of the molecule is CC1COC(CO)CN1c1nc(Cl)ccc1N. The molecule has 0 aliphatic carbocycles. The molecule has 1 fully saturated rings. The summed E-state index contributed by atoms with van der Waals surface area (Å²) >= 11 is 5.88. The van der Waals surface area contributed by atoms with Gasteiger partial charge in [0, 0.05) is 6.54 Å². The van der Waals surface area contributed by atoms with Gasteiger partial charge in [0.2, 0.25) is 0 Å². The van der Waals surface area contributed by atoms with Crippen LogP contribution in [-0.2, 0) is 4.74 Å². The van der Waals surface area contributed by atoms with Gasteiger partial charge in [-0.3, -0.25) is 0 Å². The number of rotatable bonds is 2. The predicted octanol–water partition coefficient (Wildman–Crippen LogP) is 0.903. The first kappa shape index (κ1) is 12.4. The van der Waals surface area contributed by atoms with Crippen molar-refractivity contribution in [3.63, 3.8) is 0 Å². The summed E-state index contributed by atoms with van der Waals surface area (Å²) in [6, 6.07) is 3.56. The van der Waals surface area contributed by atoms with Gasteiger partial charge in [-0.1, -0.05) is 11.6 Å². The Hall–Kier alpha value is -1.04. The minimum atomic E-state index is -0.202. The Morgan fingerprint density at radius 1 is 1.65 bits per heavy atom. The third kappa shape index (κ3) is 2.62. The lowest BCUT2D eigenvalue weighted by Gasteiger charge is -2.38. The molecule has 1 aromatic heterocycles. The molecule has 2 heterocycles. The summed E-state index contributed by atoms with van der Waals surface area (Å²) in [6.45, 7) is 3.12. The van der Waals surface area contributed by atoms with Crippen LogP contribution in [0.25, 0.3) is 0 Å². The molecule has 2 atom stereocenters. The molecule has 0 radical (unpaired) electrons. The van der Waals surface area contributed by atoms with Crippen molar-refractivity contribution < 1.29 is 9.84 Å². The van der Waals surface area contributed by atoms with E-state index >= 15 is 0 Å². The molecular weight excluding hydrogens is 242 g/mol. The maximum Gasteiger partial charge on any atom is 0.153 e. The van der Waals surface area contributed by atoms with Crippen LogP contribution in [0.1, 0.15) is 6.92 Å². The number of aliphatic hydroxyl groups is 1. The Morgan fingerprint density at radius 2 is 2.41 bits per heavy atom. The van der Waals surface area contributed by atoms with Gasteiger partial charge in [0.1, 0.15) is 5.15 Å². The number of aromatic nitrogens is 1. The maximum atomic E-state index is 9.14. The Balaban J connectivity index is 2.27. The molecule has 1 aromatic rings. The molecule has 1 saturated heterocycles. The van der Waals surface area contributed by atoms with E-state index in [1.54, 1.807) is 12.1 Å². The topological polar surface area (TPSA) is 71.6 Å². The molecule has 1 aliphatic rings. The number of halogens is 1. The molecule has 2 rings (SSSR count). The van der Waals surface area contributed by atoms with Gasteiger partial charge in [0.25, 0.3) is 0 Å². The van der Waals surface area contributed by atoms with Gasteiger partial charge in [-0.05, 0) is 19.1 Å². The molecule has 17 heavy (non-hydrogen) atoms. The highest BCUT2D eigenvalue weighted by molar-refractivity contribution is 6.29. The Labute approximate surface area is 105 Å². The fraction of sp³-hybridized carbons (Fsp3) is 0.545. The van der Waals surface area contributed by atoms with Crippen LogP contribution < -0.4 is 10.6 Å². The van der Waals surface area contributed by atoms with Crippen molar-refractivity contribution in [2.45, 2.75) is 19.1 Å². The van der Waals surface area contributed by atoms with Gasteiger partial charge in [0.15, 0.2) is 5.82 Å². The van der Waals surface area contributed by atoms with Crippen LogP contribution in [0.15, 0.2) is 12.1 Å². The number of nitrogen functional groups attached to an aromatic ring is 1. The Bertz CT molecular complexity index is 402. The lowest BCUT2D eigenvalue weighted by atomic mass is 10.2. The number of morpholine rings is 1. The van der Waals surface area contributed by atoms with Gasteiger partial charge in [0.05, 0.1) is 31.0 Å². The maximum absolute atomic E-state index is 9.14. The van der Waals surface area contributed by atoms with Crippen LogP contribution in [-0.4, -0.2) is 42.0 Å². The van der Waals surface area contributed by atoms with E-state index in [1.807, 2.05) is 11.8 Å². The number of nitrogens with two attached hydrogens (primary N) is 1. The van der Waals surface area contributed by atoms with E-state index in [9.17, 15) is 0 Å². The molecule has 6 heteroatoms. The van der Waals surface area contributed by atoms with Gasteiger partial charge in [-0.15, -0.1) is 0 Å². The van der Waals surface area contributed by atoms with E-state index in [-0.39, 0.29) is 18.8 Å². The molecule has 5 nitrogen and oxygen atoms in total. The third-order valence-corrected chi connectivity index (χ3v) is 3.06. The Kier molecular flexibility index (Phi) is 3.71. The smallest absolute Gasteiger partial charge is 0.153 e.